The number of alkyl halides is 3. The normalized spacial score (nSPS) is 17.5. The summed E-state index contributed by atoms with van der Waals surface area (Å²) >= 11 is 0.852. The molecule has 0 aliphatic carbocycles. The van der Waals surface area contributed by atoms with E-state index in [2.05, 4.69) is 0 Å². The van der Waals surface area contributed by atoms with E-state index >= 15 is 0 Å². The second-order valence-electron chi connectivity index (χ2n) is 5.46. The van der Waals surface area contributed by atoms with Crippen LogP contribution in [0.4, 0.5) is 13.2 Å². The van der Waals surface area contributed by atoms with Gasteiger partial charge < -0.3 is 4.90 Å². The first-order valence-corrected chi connectivity index (χ1v) is 9.91. The Morgan fingerprint density at radius 3 is 2.35 bits per heavy atom. The van der Waals surface area contributed by atoms with Gasteiger partial charge in [-0.25, -0.2) is 8.42 Å². The highest BCUT2D eigenvalue weighted by Gasteiger charge is 2.37. The number of halogens is 3. The van der Waals surface area contributed by atoms with Crippen LogP contribution >= 0.6 is 11.3 Å². The van der Waals surface area contributed by atoms with Crippen molar-refractivity contribution >= 4 is 27.1 Å². The number of nitrogens with zero attached hydrogens (tertiary/aromatic N) is 2. The van der Waals surface area contributed by atoms with Gasteiger partial charge in [0.15, 0.2) is 0 Å². The van der Waals surface area contributed by atoms with Gasteiger partial charge in [0.05, 0.1) is 16.9 Å². The van der Waals surface area contributed by atoms with Crippen molar-refractivity contribution in [3.63, 3.8) is 0 Å². The highest BCUT2D eigenvalue weighted by molar-refractivity contribution is 7.90. The van der Waals surface area contributed by atoms with Crippen LogP contribution in [0, 0.1) is 0 Å². The molecule has 0 bridgehead atoms. The number of carbonyl (C=O) groups is 1. The van der Waals surface area contributed by atoms with E-state index in [0.29, 0.717) is 19.6 Å². The van der Waals surface area contributed by atoms with E-state index in [1.807, 2.05) is 4.90 Å². The van der Waals surface area contributed by atoms with Crippen LogP contribution in [0.15, 0.2) is 10.8 Å². The van der Waals surface area contributed by atoms with E-state index in [0.717, 1.165) is 23.0 Å². The Morgan fingerprint density at radius 1 is 1.22 bits per heavy atom. The third-order valence-electron chi connectivity index (χ3n) is 3.64. The molecule has 2 rings (SSSR count). The molecule has 5 nitrogen and oxygen atoms in total. The molecule has 2 heterocycles. The zero-order valence-electron chi connectivity index (χ0n) is 12.5. The Bertz CT molecular complexity index is 662. The average molecular weight is 370 g/mol. The zero-order valence-corrected chi connectivity index (χ0v) is 14.1. The monoisotopic (exact) mass is 370 g/mol. The predicted octanol–water partition coefficient (Wildman–Crippen LogP) is 1.57. The second kappa shape index (κ2) is 6.78. The molecule has 0 unspecified atom stereocenters. The minimum Gasteiger partial charge on any atom is -0.336 e. The van der Waals surface area contributed by atoms with Crippen molar-refractivity contribution in [3.8, 4) is 0 Å². The number of carbonyl (C=O) groups excluding carboxylic acids is 1. The standard InChI is InChI=1S/C13H17F3N2O3S2/c1-23(20,21)7-6-17-2-4-18(5-3-17)12(19)10-8-22-9-11(10)13(14,15)16/h8-9H,2-7H2,1H3. The van der Waals surface area contributed by atoms with Crippen LogP contribution in [-0.4, -0.2) is 68.9 Å². The Kier molecular flexibility index (Phi) is 5.37. The SMILES string of the molecule is CS(=O)(=O)CCN1CCN(C(=O)c2cscc2C(F)(F)F)CC1. The molecule has 1 amide bonds. The minimum atomic E-state index is -4.54. The largest absolute Gasteiger partial charge is 0.417 e. The molecule has 10 heteroatoms. The molecule has 0 aromatic carbocycles. The van der Waals surface area contributed by atoms with Crippen LogP contribution < -0.4 is 0 Å². The van der Waals surface area contributed by atoms with Gasteiger partial charge in [0.1, 0.15) is 9.84 Å². The van der Waals surface area contributed by atoms with E-state index in [9.17, 15) is 26.4 Å². The van der Waals surface area contributed by atoms with E-state index in [-0.39, 0.29) is 24.4 Å². The van der Waals surface area contributed by atoms with Crippen molar-refractivity contribution in [2.24, 2.45) is 0 Å². The molecule has 23 heavy (non-hydrogen) atoms. The van der Waals surface area contributed by atoms with E-state index in [4.69, 9.17) is 0 Å². The molecule has 1 aromatic rings. The van der Waals surface area contributed by atoms with Gasteiger partial charge in [-0.1, -0.05) is 0 Å². The molecule has 1 aliphatic rings. The van der Waals surface area contributed by atoms with Crippen molar-refractivity contribution in [2.45, 2.75) is 6.18 Å². The van der Waals surface area contributed by atoms with Gasteiger partial charge >= 0.3 is 6.18 Å². The first kappa shape index (κ1) is 18.2. The number of sulfone groups is 1. The van der Waals surface area contributed by atoms with Gasteiger partial charge in [-0.05, 0) is 0 Å². The van der Waals surface area contributed by atoms with Crippen molar-refractivity contribution in [1.82, 2.24) is 9.80 Å². The van der Waals surface area contributed by atoms with Crippen molar-refractivity contribution in [3.05, 3.63) is 21.9 Å². The van der Waals surface area contributed by atoms with Crippen LogP contribution in [0.5, 0.6) is 0 Å². The maximum Gasteiger partial charge on any atom is 0.417 e. The van der Waals surface area contributed by atoms with Crippen LogP contribution in [-0.2, 0) is 16.0 Å². The predicted molar refractivity (Wildman–Crippen MR) is 81.4 cm³/mol. The summed E-state index contributed by atoms with van der Waals surface area (Å²) in [5.41, 5.74) is -1.21. The quantitative estimate of drug-likeness (QED) is 0.807. The molecule has 1 fully saturated rings. The average Bonchev–Trinajstić information content (AvgIpc) is 2.93. The number of rotatable bonds is 4. The van der Waals surface area contributed by atoms with Gasteiger partial charge in [-0.3, -0.25) is 9.69 Å². The summed E-state index contributed by atoms with van der Waals surface area (Å²) in [6.45, 7) is 1.85. The summed E-state index contributed by atoms with van der Waals surface area (Å²) in [4.78, 5) is 15.5. The highest BCUT2D eigenvalue weighted by Crippen LogP contribution is 2.34. The Hall–Kier alpha value is -1.13. The summed E-state index contributed by atoms with van der Waals surface area (Å²) in [5.74, 6) is -0.592. The second-order valence-corrected chi connectivity index (χ2v) is 8.46. The maximum absolute atomic E-state index is 12.9. The van der Waals surface area contributed by atoms with Gasteiger partial charge in [0, 0.05) is 49.7 Å². The molecule has 1 aromatic heterocycles. The first-order valence-electron chi connectivity index (χ1n) is 6.90. The Labute approximate surface area is 136 Å². The summed E-state index contributed by atoms with van der Waals surface area (Å²) < 4.78 is 60.8. The molecule has 0 radical (unpaired) electrons. The van der Waals surface area contributed by atoms with E-state index in [1.165, 1.54) is 10.3 Å². The number of hydrogen-bond donors (Lipinski definition) is 0. The zero-order chi connectivity index (χ0) is 17.3. The third kappa shape index (κ3) is 4.92. The molecule has 0 spiro atoms. The molecular weight excluding hydrogens is 353 g/mol. The van der Waals surface area contributed by atoms with Crippen molar-refractivity contribution < 1.29 is 26.4 Å². The van der Waals surface area contributed by atoms with E-state index < -0.39 is 27.5 Å². The van der Waals surface area contributed by atoms with Gasteiger partial charge in [-0.15, -0.1) is 0 Å². The Morgan fingerprint density at radius 2 is 1.83 bits per heavy atom. The van der Waals surface area contributed by atoms with E-state index in [1.54, 1.807) is 0 Å². The lowest BCUT2D eigenvalue weighted by Crippen LogP contribution is -2.49. The fourth-order valence-corrected chi connectivity index (χ4v) is 3.74. The summed E-state index contributed by atoms with van der Waals surface area (Å²) in [6.07, 6.45) is -3.38. The highest BCUT2D eigenvalue weighted by atomic mass is 32.2. The number of amides is 1. The number of thiophene rings is 1. The third-order valence-corrected chi connectivity index (χ3v) is 5.30. The lowest BCUT2D eigenvalue weighted by molar-refractivity contribution is -0.137. The summed E-state index contributed by atoms with van der Waals surface area (Å²) in [6, 6.07) is 0. The first-order chi connectivity index (χ1) is 10.6. The topological polar surface area (TPSA) is 57.7 Å². The van der Waals surface area contributed by atoms with Crippen LogP contribution in [0.3, 0.4) is 0 Å². The van der Waals surface area contributed by atoms with Gasteiger partial charge in [-0.2, -0.15) is 24.5 Å². The fourth-order valence-electron chi connectivity index (χ4n) is 2.32. The summed E-state index contributed by atoms with van der Waals surface area (Å²) in [5, 5.41) is 2.16. The molecular formula is C13H17F3N2O3S2. The molecule has 0 atom stereocenters. The smallest absolute Gasteiger partial charge is 0.336 e. The lowest BCUT2D eigenvalue weighted by Gasteiger charge is -2.34. The van der Waals surface area contributed by atoms with Crippen molar-refractivity contribution in [2.75, 3.05) is 44.7 Å². The maximum atomic E-state index is 12.9. The Balaban J connectivity index is 1.96. The fraction of sp³-hybridized carbons (Fsp3) is 0.615. The molecule has 1 saturated heterocycles. The minimum absolute atomic E-state index is 0.0314. The number of piperazine rings is 1. The lowest BCUT2D eigenvalue weighted by atomic mass is 10.1. The van der Waals surface area contributed by atoms with Crippen LogP contribution in [0.1, 0.15) is 15.9 Å². The molecule has 0 N–H and O–H groups in total. The van der Waals surface area contributed by atoms with Crippen LogP contribution in [0.25, 0.3) is 0 Å². The summed E-state index contributed by atoms with van der Waals surface area (Å²) in [7, 11) is -3.06. The van der Waals surface area contributed by atoms with Crippen LogP contribution in [0.2, 0.25) is 0 Å². The molecule has 1 aliphatic heterocycles. The molecule has 130 valence electrons. The molecule has 0 saturated carbocycles. The number of hydrogen-bond acceptors (Lipinski definition) is 5. The van der Waals surface area contributed by atoms with Gasteiger partial charge in [0.25, 0.3) is 5.91 Å². The van der Waals surface area contributed by atoms with Crippen molar-refractivity contribution in [1.29, 1.82) is 0 Å². The van der Waals surface area contributed by atoms with Gasteiger partial charge in [0.2, 0.25) is 0 Å².